The molecule has 0 radical (unpaired) electrons. The minimum atomic E-state index is -0.178. The van der Waals surface area contributed by atoms with E-state index >= 15 is 0 Å². The summed E-state index contributed by atoms with van der Waals surface area (Å²) in [5.41, 5.74) is 0. The van der Waals surface area contributed by atoms with Gasteiger partial charge in [0, 0.05) is 19.5 Å². The van der Waals surface area contributed by atoms with Crippen molar-refractivity contribution >= 4 is 11.9 Å². The molecule has 20 heavy (non-hydrogen) atoms. The molecule has 1 aliphatic heterocycles. The van der Waals surface area contributed by atoms with E-state index in [0.717, 1.165) is 18.8 Å². The lowest BCUT2D eigenvalue weighted by atomic mass is 9.86. The lowest BCUT2D eigenvalue weighted by Gasteiger charge is -2.22. The second kappa shape index (κ2) is 7.65. The number of hydrogen-bond donors (Lipinski definition) is 0. The Morgan fingerprint density at radius 3 is 2.60 bits per heavy atom. The molecule has 4 heteroatoms. The molecule has 1 atom stereocenters. The number of methoxy groups -OCH3 is 1. The maximum Gasteiger partial charge on any atom is 0.310 e. The second-order valence-electron chi connectivity index (χ2n) is 6.24. The summed E-state index contributed by atoms with van der Waals surface area (Å²) in [5, 5.41) is 0. The van der Waals surface area contributed by atoms with Crippen LogP contribution in [0.25, 0.3) is 0 Å². The third-order valence-electron chi connectivity index (χ3n) is 4.80. The largest absolute Gasteiger partial charge is 0.469 e. The van der Waals surface area contributed by atoms with Crippen LogP contribution >= 0.6 is 0 Å². The van der Waals surface area contributed by atoms with E-state index < -0.39 is 0 Å². The normalized spacial score (nSPS) is 23.9. The molecule has 0 bridgehead atoms. The highest BCUT2D eigenvalue weighted by Crippen LogP contribution is 2.28. The number of carbonyl (C=O) groups excluding carboxylic acids is 2. The smallest absolute Gasteiger partial charge is 0.310 e. The molecule has 0 spiro atoms. The Kier molecular flexibility index (Phi) is 5.86. The maximum atomic E-state index is 12.1. The van der Waals surface area contributed by atoms with Gasteiger partial charge in [0.25, 0.3) is 0 Å². The van der Waals surface area contributed by atoms with Crippen molar-refractivity contribution < 1.29 is 14.3 Å². The zero-order valence-electron chi connectivity index (χ0n) is 12.6. The standard InChI is InChI=1S/C16H27NO3/c1-20-16(19)14-10-11-17(12-14)15(18)9-5-8-13-6-3-2-4-7-13/h13-14H,2-12H2,1H3. The minimum absolute atomic E-state index is 0.109. The zero-order valence-corrected chi connectivity index (χ0v) is 12.6. The molecular weight excluding hydrogens is 254 g/mol. The van der Waals surface area contributed by atoms with E-state index in [0.29, 0.717) is 19.5 Å². The Hall–Kier alpha value is -1.06. The Labute approximate surface area is 121 Å². The van der Waals surface area contributed by atoms with E-state index in [-0.39, 0.29) is 17.8 Å². The van der Waals surface area contributed by atoms with Gasteiger partial charge >= 0.3 is 5.97 Å². The van der Waals surface area contributed by atoms with Crippen molar-refractivity contribution in [3.63, 3.8) is 0 Å². The predicted octanol–water partition coefficient (Wildman–Crippen LogP) is 2.76. The van der Waals surface area contributed by atoms with Gasteiger partial charge in [-0.05, 0) is 25.2 Å². The number of esters is 1. The van der Waals surface area contributed by atoms with E-state index in [1.54, 1.807) is 0 Å². The van der Waals surface area contributed by atoms with E-state index in [9.17, 15) is 9.59 Å². The number of rotatable bonds is 5. The molecule has 2 rings (SSSR count). The molecule has 0 aromatic rings. The quantitative estimate of drug-likeness (QED) is 0.728. The number of hydrogen-bond acceptors (Lipinski definition) is 3. The topological polar surface area (TPSA) is 46.6 Å². The number of carbonyl (C=O) groups is 2. The van der Waals surface area contributed by atoms with Gasteiger partial charge in [0.2, 0.25) is 5.91 Å². The molecule has 1 aliphatic carbocycles. The lowest BCUT2D eigenvalue weighted by molar-refractivity contribution is -0.145. The van der Waals surface area contributed by atoms with Crippen molar-refractivity contribution in [3.8, 4) is 0 Å². The van der Waals surface area contributed by atoms with Crippen LogP contribution in [0.3, 0.4) is 0 Å². The summed E-state index contributed by atoms with van der Waals surface area (Å²) in [5.74, 6) is 0.773. The summed E-state index contributed by atoms with van der Waals surface area (Å²) in [6.07, 6.45) is 10.4. The lowest BCUT2D eigenvalue weighted by Crippen LogP contribution is -2.30. The first kappa shape index (κ1) is 15.3. The SMILES string of the molecule is COC(=O)C1CCN(C(=O)CCCC2CCCCC2)C1. The second-order valence-corrected chi connectivity index (χ2v) is 6.24. The Bertz CT molecular complexity index is 337. The molecule has 1 saturated carbocycles. The average molecular weight is 281 g/mol. The van der Waals surface area contributed by atoms with Gasteiger partial charge < -0.3 is 9.64 Å². The Morgan fingerprint density at radius 2 is 1.90 bits per heavy atom. The third kappa shape index (κ3) is 4.22. The van der Waals surface area contributed by atoms with Crippen LogP contribution < -0.4 is 0 Å². The molecule has 2 fully saturated rings. The summed E-state index contributed by atoms with van der Waals surface area (Å²) in [6.45, 7) is 1.26. The first-order chi connectivity index (χ1) is 9.70. The van der Waals surface area contributed by atoms with Gasteiger partial charge in [0.05, 0.1) is 13.0 Å². The van der Waals surface area contributed by atoms with Gasteiger partial charge in [-0.3, -0.25) is 9.59 Å². The average Bonchev–Trinajstić information content (AvgIpc) is 2.97. The summed E-state index contributed by atoms with van der Waals surface area (Å²) >= 11 is 0. The van der Waals surface area contributed by atoms with Gasteiger partial charge in [-0.1, -0.05) is 32.1 Å². The van der Waals surface area contributed by atoms with Crippen LogP contribution in [0.2, 0.25) is 0 Å². The molecule has 0 aromatic heterocycles. The van der Waals surface area contributed by atoms with Crippen molar-refractivity contribution in [2.45, 2.75) is 57.8 Å². The zero-order chi connectivity index (χ0) is 14.4. The Morgan fingerprint density at radius 1 is 1.15 bits per heavy atom. The molecular formula is C16H27NO3. The predicted molar refractivity (Wildman–Crippen MR) is 77.1 cm³/mol. The molecule has 114 valence electrons. The van der Waals surface area contributed by atoms with Crippen LogP contribution in [0, 0.1) is 11.8 Å². The van der Waals surface area contributed by atoms with Crippen LogP contribution in [0.15, 0.2) is 0 Å². The van der Waals surface area contributed by atoms with Crippen molar-refractivity contribution in [1.29, 1.82) is 0 Å². The van der Waals surface area contributed by atoms with Gasteiger partial charge in [-0.2, -0.15) is 0 Å². The first-order valence-electron chi connectivity index (χ1n) is 8.06. The molecule has 2 aliphatic rings. The number of amides is 1. The summed E-state index contributed by atoms with van der Waals surface area (Å²) < 4.78 is 4.75. The van der Waals surface area contributed by atoms with Crippen molar-refractivity contribution in [2.75, 3.05) is 20.2 Å². The minimum Gasteiger partial charge on any atom is -0.469 e. The van der Waals surface area contributed by atoms with Crippen LogP contribution in [-0.4, -0.2) is 37.0 Å². The number of likely N-dealkylation sites (tertiary alicyclic amines) is 1. The number of nitrogens with zero attached hydrogens (tertiary/aromatic N) is 1. The summed E-state index contributed by atoms with van der Waals surface area (Å²) in [7, 11) is 1.41. The fourth-order valence-corrected chi connectivity index (χ4v) is 3.52. The molecule has 4 nitrogen and oxygen atoms in total. The maximum absolute atomic E-state index is 12.1. The van der Waals surface area contributed by atoms with E-state index in [1.165, 1.54) is 45.6 Å². The molecule has 0 aromatic carbocycles. The molecule has 0 N–H and O–H groups in total. The van der Waals surface area contributed by atoms with Crippen LogP contribution in [0.5, 0.6) is 0 Å². The summed E-state index contributed by atoms with van der Waals surface area (Å²) in [4.78, 5) is 25.4. The van der Waals surface area contributed by atoms with Crippen molar-refractivity contribution in [3.05, 3.63) is 0 Å². The molecule has 1 saturated heterocycles. The van der Waals surface area contributed by atoms with Gasteiger partial charge in [0.1, 0.15) is 0 Å². The monoisotopic (exact) mass is 281 g/mol. The highest BCUT2D eigenvalue weighted by molar-refractivity contribution is 5.79. The highest BCUT2D eigenvalue weighted by Gasteiger charge is 2.31. The van der Waals surface area contributed by atoms with Gasteiger partial charge in [0.15, 0.2) is 0 Å². The van der Waals surface area contributed by atoms with E-state index in [2.05, 4.69) is 0 Å². The molecule has 1 amide bonds. The van der Waals surface area contributed by atoms with Gasteiger partial charge in [-0.15, -0.1) is 0 Å². The van der Waals surface area contributed by atoms with Crippen LogP contribution in [-0.2, 0) is 14.3 Å². The highest BCUT2D eigenvalue weighted by atomic mass is 16.5. The van der Waals surface area contributed by atoms with Gasteiger partial charge in [-0.25, -0.2) is 0 Å². The fourth-order valence-electron chi connectivity index (χ4n) is 3.52. The first-order valence-corrected chi connectivity index (χ1v) is 8.06. The Balaban J connectivity index is 1.64. The van der Waals surface area contributed by atoms with E-state index in [4.69, 9.17) is 4.74 Å². The molecule has 1 unspecified atom stereocenters. The fraction of sp³-hybridized carbons (Fsp3) is 0.875. The third-order valence-corrected chi connectivity index (χ3v) is 4.80. The number of ether oxygens (including phenoxy) is 1. The van der Waals surface area contributed by atoms with Crippen molar-refractivity contribution in [1.82, 2.24) is 4.90 Å². The molecule has 1 heterocycles. The van der Waals surface area contributed by atoms with Crippen LogP contribution in [0.1, 0.15) is 57.8 Å². The van der Waals surface area contributed by atoms with Crippen molar-refractivity contribution in [2.24, 2.45) is 11.8 Å². The van der Waals surface area contributed by atoms with E-state index in [1.807, 2.05) is 4.90 Å². The van der Waals surface area contributed by atoms with Crippen LogP contribution in [0.4, 0.5) is 0 Å². The summed E-state index contributed by atoms with van der Waals surface area (Å²) in [6, 6.07) is 0.